The van der Waals surface area contributed by atoms with Crippen molar-refractivity contribution in [3.05, 3.63) is 35.4 Å². The fourth-order valence-electron chi connectivity index (χ4n) is 3.11. The van der Waals surface area contributed by atoms with Crippen molar-refractivity contribution in [1.82, 2.24) is 10.2 Å². The van der Waals surface area contributed by atoms with Crippen molar-refractivity contribution in [3.8, 4) is 0 Å². The van der Waals surface area contributed by atoms with Gasteiger partial charge in [0.15, 0.2) is 0 Å². The van der Waals surface area contributed by atoms with Crippen molar-refractivity contribution in [2.45, 2.75) is 25.8 Å². The molecule has 0 spiro atoms. The molecule has 94 valence electrons. The van der Waals surface area contributed by atoms with Crippen LogP contribution in [0.25, 0.3) is 0 Å². The predicted molar refractivity (Wildman–Crippen MR) is 73.2 cm³/mol. The Morgan fingerprint density at radius 1 is 1.29 bits per heavy atom. The van der Waals surface area contributed by atoms with Gasteiger partial charge in [0.1, 0.15) is 0 Å². The van der Waals surface area contributed by atoms with Gasteiger partial charge in [-0.2, -0.15) is 0 Å². The van der Waals surface area contributed by atoms with Crippen LogP contribution in [0, 0.1) is 12.3 Å². The van der Waals surface area contributed by atoms with E-state index in [0.29, 0.717) is 11.5 Å². The largest absolute Gasteiger partial charge is 0.319 e. The summed E-state index contributed by atoms with van der Waals surface area (Å²) in [5.74, 6) is 0. The smallest absolute Gasteiger partial charge is 0.0413 e. The normalized spacial score (nSPS) is 19.4. The summed E-state index contributed by atoms with van der Waals surface area (Å²) in [7, 11) is 6.46. The van der Waals surface area contributed by atoms with Crippen LogP contribution in [0.3, 0.4) is 0 Å². The Morgan fingerprint density at radius 3 is 2.41 bits per heavy atom. The maximum atomic E-state index is 3.37. The van der Waals surface area contributed by atoms with E-state index in [4.69, 9.17) is 0 Å². The fraction of sp³-hybridized carbons (Fsp3) is 0.600. The highest BCUT2D eigenvalue weighted by atomic mass is 15.1. The number of aryl methyl sites for hydroxylation is 1. The second-order valence-corrected chi connectivity index (χ2v) is 5.62. The molecule has 1 atom stereocenters. The topological polar surface area (TPSA) is 15.3 Å². The third-order valence-electron chi connectivity index (χ3n) is 4.00. The second kappa shape index (κ2) is 4.79. The van der Waals surface area contributed by atoms with Gasteiger partial charge in [0, 0.05) is 18.0 Å². The average molecular weight is 232 g/mol. The molecule has 1 aromatic carbocycles. The van der Waals surface area contributed by atoms with E-state index in [1.807, 2.05) is 0 Å². The minimum atomic E-state index is 0.449. The molecule has 0 aromatic heterocycles. The highest BCUT2D eigenvalue weighted by Gasteiger charge is 2.50. The molecule has 2 heteroatoms. The quantitative estimate of drug-likeness (QED) is 0.839. The molecule has 0 radical (unpaired) electrons. The van der Waals surface area contributed by atoms with Crippen molar-refractivity contribution in [1.29, 1.82) is 0 Å². The highest BCUT2D eigenvalue weighted by molar-refractivity contribution is 5.32. The van der Waals surface area contributed by atoms with E-state index in [0.717, 1.165) is 6.54 Å². The number of rotatable bonds is 5. The summed E-state index contributed by atoms with van der Waals surface area (Å²) in [6, 6.07) is 9.34. The van der Waals surface area contributed by atoms with Gasteiger partial charge in [-0.3, -0.25) is 0 Å². The monoisotopic (exact) mass is 232 g/mol. The number of hydrogen-bond acceptors (Lipinski definition) is 2. The molecule has 1 N–H and O–H groups in total. The van der Waals surface area contributed by atoms with Gasteiger partial charge >= 0.3 is 0 Å². The molecule has 0 heterocycles. The Hall–Kier alpha value is -0.860. The fourth-order valence-corrected chi connectivity index (χ4v) is 3.11. The maximum absolute atomic E-state index is 3.37. The minimum Gasteiger partial charge on any atom is -0.319 e. The van der Waals surface area contributed by atoms with E-state index in [1.54, 1.807) is 0 Å². The lowest BCUT2D eigenvalue weighted by Crippen LogP contribution is -2.35. The lowest BCUT2D eigenvalue weighted by atomic mass is 9.86. The number of benzene rings is 1. The van der Waals surface area contributed by atoms with Crippen LogP contribution in [0.5, 0.6) is 0 Å². The molecule has 1 aliphatic carbocycles. The summed E-state index contributed by atoms with van der Waals surface area (Å²) in [4.78, 5) is 2.38. The molecule has 2 nitrogen and oxygen atoms in total. The Morgan fingerprint density at radius 2 is 1.94 bits per heavy atom. The number of nitrogens with one attached hydrogen (secondary N) is 1. The standard InChI is InChI=1S/C15H24N2/c1-12-7-5-6-8-13(12)14(17(3)4)15(9-10-15)11-16-2/h5-8,14,16H,9-11H2,1-4H3. The van der Waals surface area contributed by atoms with Crippen LogP contribution in [0.4, 0.5) is 0 Å². The van der Waals surface area contributed by atoms with Crippen LogP contribution in [-0.2, 0) is 0 Å². The lowest BCUT2D eigenvalue weighted by molar-refractivity contribution is 0.191. The van der Waals surface area contributed by atoms with E-state index in [-0.39, 0.29) is 0 Å². The first-order valence-electron chi connectivity index (χ1n) is 6.47. The van der Waals surface area contributed by atoms with Crippen molar-refractivity contribution in [2.75, 3.05) is 27.7 Å². The van der Waals surface area contributed by atoms with Crippen molar-refractivity contribution < 1.29 is 0 Å². The third kappa shape index (κ3) is 2.38. The van der Waals surface area contributed by atoms with Crippen LogP contribution >= 0.6 is 0 Å². The molecule has 1 aliphatic rings. The molecule has 1 unspecified atom stereocenters. The van der Waals surface area contributed by atoms with Gasteiger partial charge in [-0.15, -0.1) is 0 Å². The van der Waals surface area contributed by atoms with Crippen molar-refractivity contribution >= 4 is 0 Å². The molecule has 1 aromatic rings. The minimum absolute atomic E-state index is 0.449. The van der Waals surface area contributed by atoms with Crippen LogP contribution < -0.4 is 5.32 Å². The molecular weight excluding hydrogens is 208 g/mol. The second-order valence-electron chi connectivity index (χ2n) is 5.62. The summed E-state index contributed by atoms with van der Waals surface area (Å²) in [6.07, 6.45) is 2.68. The summed E-state index contributed by atoms with van der Waals surface area (Å²) in [5, 5.41) is 3.37. The molecular formula is C15H24N2. The van der Waals surface area contributed by atoms with Gasteiger partial charge in [0.25, 0.3) is 0 Å². The van der Waals surface area contributed by atoms with Gasteiger partial charge in [0.2, 0.25) is 0 Å². The SMILES string of the molecule is CNCC1(C(c2ccccc2C)N(C)C)CC1. The van der Waals surface area contributed by atoms with Crippen molar-refractivity contribution in [2.24, 2.45) is 5.41 Å². The van der Waals surface area contributed by atoms with Crippen LogP contribution in [-0.4, -0.2) is 32.6 Å². The van der Waals surface area contributed by atoms with Gasteiger partial charge < -0.3 is 10.2 Å². The van der Waals surface area contributed by atoms with E-state index in [1.165, 1.54) is 24.0 Å². The average Bonchev–Trinajstić information content (AvgIpc) is 3.02. The first-order chi connectivity index (χ1) is 8.10. The zero-order valence-electron chi connectivity index (χ0n) is 11.5. The summed E-state index contributed by atoms with van der Waals surface area (Å²) >= 11 is 0. The zero-order valence-corrected chi connectivity index (χ0v) is 11.5. The molecule has 0 amide bonds. The Balaban J connectivity index is 2.34. The first kappa shape index (κ1) is 12.6. The summed E-state index contributed by atoms with van der Waals surface area (Å²) in [5.41, 5.74) is 3.35. The molecule has 17 heavy (non-hydrogen) atoms. The van der Waals surface area contributed by atoms with E-state index < -0.39 is 0 Å². The van der Waals surface area contributed by atoms with Gasteiger partial charge in [-0.1, -0.05) is 24.3 Å². The lowest BCUT2D eigenvalue weighted by Gasteiger charge is -2.34. The van der Waals surface area contributed by atoms with E-state index in [2.05, 4.69) is 62.5 Å². The molecule has 0 aliphatic heterocycles. The van der Waals surface area contributed by atoms with Crippen molar-refractivity contribution in [3.63, 3.8) is 0 Å². The number of hydrogen-bond donors (Lipinski definition) is 1. The van der Waals surface area contributed by atoms with Gasteiger partial charge in [-0.05, 0) is 52.0 Å². The van der Waals surface area contributed by atoms with Crippen LogP contribution in [0.15, 0.2) is 24.3 Å². The zero-order chi connectivity index (χ0) is 12.5. The van der Waals surface area contributed by atoms with Gasteiger partial charge in [0.05, 0.1) is 0 Å². The summed E-state index contributed by atoms with van der Waals surface area (Å²) in [6.45, 7) is 3.34. The van der Waals surface area contributed by atoms with Gasteiger partial charge in [-0.25, -0.2) is 0 Å². The Labute approximate surface area is 105 Å². The maximum Gasteiger partial charge on any atom is 0.0413 e. The molecule has 0 bridgehead atoms. The predicted octanol–water partition coefficient (Wildman–Crippen LogP) is 2.60. The molecule has 1 saturated carbocycles. The summed E-state index contributed by atoms with van der Waals surface area (Å²) < 4.78 is 0. The first-order valence-corrected chi connectivity index (χ1v) is 6.47. The molecule has 2 rings (SSSR count). The van der Waals surface area contributed by atoms with Crippen LogP contribution in [0.2, 0.25) is 0 Å². The third-order valence-corrected chi connectivity index (χ3v) is 4.00. The number of nitrogens with zero attached hydrogens (tertiary/aromatic N) is 1. The van der Waals surface area contributed by atoms with E-state index >= 15 is 0 Å². The highest BCUT2D eigenvalue weighted by Crippen LogP contribution is 2.56. The molecule has 1 fully saturated rings. The van der Waals surface area contributed by atoms with E-state index in [9.17, 15) is 0 Å². The molecule has 0 saturated heterocycles. The Bertz CT molecular complexity index is 380. The van der Waals surface area contributed by atoms with Crippen LogP contribution in [0.1, 0.15) is 30.0 Å². The Kier molecular flexibility index (Phi) is 3.55.